The molecule has 138 valence electrons. The van der Waals surface area contributed by atoms with Gasteiger partial charge < -0.3 is 20.5 Å². The highest BCUT2D eigenvalue weighted by molar-refractivity contribution is 6.38. The number of para-hydroxylation sites is 2. The highest BCUT2D eigenvalue weighted by atomic mass is 16.3. The molecule has 0 atom stereocenters. The Hall–Kier alpha value is -4.00. The number of anilines is 1. The van der Waals surface area contributed by atoms with Crippen molar-refractivity contribution in [2.24, 2.45) is 0 Å². The number of aromatic amines is 1. The number of phenolic OH excluding ortho intramolecular Hbond substituents is 2. The Morgan fingerprint density at radius 1 is 0.929 bits per heavy atom. The van der Waals surface area contributed by atoms with E-state index in [0.717, 1.165) is 0 Å². The summed E-state index contributed by atoms with van der Waals surface area (Å²) in [4.78, 5) is 28.4. The molecule has 2 aliphatic heterocycles. The lowest BCUT2D eigenvalue weighted by Crippen LogP contribution is -2.23. The van der Waals surface area contributed by atoms with Crippen LogP contribution in [0.5, 0.6) is 11.5 Å². The third-order valence-electron chi connectivity index (χ3n) is 5.17. The molecule has 7 nitrogen and oxygen atoms in total. The molecule has 3 aromatic rings. The van der Waals surface area contributed by atoms with Gasteiger partial charge in [0.15, 0.2) is 0 Å². The Kier molecular flexibility index (Phi) is 3.18. The van der Waals surface area contributed by atoms with Crippen LogP contribution in [0.1, 0.15) is 16.8 Å². The van der Waals surface area contributed by atoms with Crippen LogP contribution in [-0.4, -0.2) is 27.0 Å². The zero-order valence-electron chi connectivity index (χ0n) is 14.6. The van der Waals surface area contributed by atoms with Crippen molar-refractivity contribution in [3.63, 3.8) is 0 Å². The van der Waals surface area contributed by atoms with Crippen LogP contribution in [0.25, 0.3) is 22.2 Å². The Morgan fingerprint density at radius 3 is 2.50 bits per heavy atom. The highest BCUT2D eigenvalue weighted by Crippen LogP contribution is 2.42. The molecule has 3 heterocycles. The molecule has 5 rings (SSSR count). The number of phenols is 2. The lowest BCUT2D eigenvalue weighted by Gasteiger charge is -2.14. The van der Waals surface area contributed by atoms with Gasteiger partial charge in [0.1, 0.15) is 11.5 Å². The van der Waals surface area contributed by atoms with Crippen LogP contribution in [0.4, 0.5) is 5.69 Å². The van der Waals surface area contributed by atoms with Gasteiger partial charge in [-0.3, -0.25) is 14.9 Å². The van der Waals surface area contributed by atoms with Crippen LogP contribution < -0.4 is 10.6 Å². The zero-order chi connectivity index (χ0) is 19.6. The number of rotatable bonds is 0. The summed E-state index contributed by atoms with van der Waals surface area (Å²) in [6, 6.07) is 9.96. The number of aromatic nitrogens is 1. The van der Waals surface area contributed by atoms with Crippen molar-refractivity contribution < 1.29 is 19.8 Å². The van der Waals surface area contributed by atoms with Crippen molar-refractivity contribution in [1.29, 1.82) is 0 Å². The molecule has 0 saturated carbocycles. The molecule has 7 heteroatoms. The number of carbonyl (C=O) groups excluding carboxylic acids is 2. The lowest BCUT2D eigenvalue weighted by molar-refractivity contribution is -0.123. The van der Waals surface area contributed by atoms with Gasteiger partial charge in [-0.1, -0.05) is 30.8 Å². The van der Waals surface area contributed by atoms with Gasteiger partial charge in [-0.15, -0.1) is 0 Å². The number of fused-ring (bicyclic) bond motifs is 5. The van der Waals surface area contributed by atoms with Crippen LogP contribution in [0.2, 0.25) is 0 Å². The molecule has 0 spiro atoms. The summed E-state index contributed by atoms with van der Waals surface area (Å²) in [5.74, 6) is -0.943. The Labute approximate surface area is 159 Å². The van der Waals surface area contributed by atoms with Crippen LogP contribution >= 0.6 is 0 Å². The largest absolute Gasteiger partial charge is 0.506 e. The average molecular weight is 373 g/mol. The van der Waals surface area contributed by atoms with Gasteiger partial charge in [-0.2, -0.15) is 0 Å². The number of benzene rings is 2. The van der Waals surface area contributed by atoms with Gasteiger partial charge in [0.25, 0.3) is 11.8 Å². The summed E-state index contributed by atoms with van der Waals surface area (Å²) in [6.45, 7) is 4.05. The second-order valence-electron chi connectivity index (χ2n) is 6.80. The highest BCUT2D eigenvalue weighted by Gasteiger charge is 2.36. The van der Waals surface area contributed by atoms with Gasteiger partial charge in [0.05, 0.1) is 28.2 Å². The maximum Gasteiger partial charge on any atom is 0.259 e. The minimum Gasteiger partial charge on any atom is -0.506 e. The maximum absolute atomic E-state index is 12.7. The third-order valence-corrected chi connectivity index (χ3v) is 5.17. The van der Waals surface area contributed by atoms with Gasteiger partial charge >= 0.3 is 0 Å². The molecule has 0 radical (unpaired) electrons. The second kappa shape index (κ2) is 5.50. The van der Waals surface area contributed by atoms with Crippen LogP contribution in [-0.2, 0) is 16.0 Å². The van der Waals surface area contributed by atoms with Crippen LogP contribution in [0.15, 0.2) is 48.6 Å². The fourth-order valence-electron chi connectivity index (χ4n) is 3.89. The molecule has 0 fully saturated rings. The molecule has 0 bridgehead atoms. The topological polar surface area (TPSA) is 114 Å². The Bertz CT molecular complexity index is 1270. The Balaban J connectivity index is 1.91. The number of imide groups is 1. The maximum atomic E-state index is 12.7. The third kappa shape index (κ3) is 2.10. The number of H-pyrrole nitrogens is 1. The molecular formula is C21H15N3O4. The van der Waals surface area contributed by atoms with Gasteiger partial charge in [-0.05, 0) is 17.7 Å². The minimum absolute atomic E-state index is 0.00735. The summed E-state index contributed by atoms with van der Waals surface area (Å²) < 4.78 is 0. The molecule has 0 saturated heterocycles. The van der Waals surface area contributed by atoms with E-state index in [1.54, 1.807) is 24.3 Å². The first-order chi connectivity index (χ1) is 13.5. The Morgan fingerprint density at radius 2 is 1.68 bits per heavy atom. The van der Waals surface area contributed by atoms with E-state index in [-0.39, 0.29) is 23.5 Å². The molecule has 0 aliphatic carbocycles. The van der Waals surface area contributed by atoms with Crippen molar-refractivity contribution in [3.05, 3.63) is 65.4 Å². The van der Waals surface area contributed by atoms with E-state index in [1.165, 1.54) is 12.1 Å². The summed E-state index contributed by atoms with van der Waals surface area (Å²) in [6.07, 6.45) is 0.155. The summed E-state index contributed by atoms with van der Waals surface area (Å²) in [5.41, 5.74) is 3.42. The second-order valence-corrected chi connectivity index (χ2v) is 6.80. The van der Waals surface area contributed by atoms with Crippen LogP contribution in [0.3, 0.4) is 0 Å². The van der Waals surface area contributed by atoms with Gasteiger partial charge in [0.2, 0.25) is 0 Å². The average Bonchev–Trinajstić information content (AvgIpc) is 3.16. The van der Waals surface area contributed by atoms with Crippen molar-refractivity contribution >= 4 is 39.7 Å². The number of nitrogens with one attached hydrogen (secondary N) is 3. The zero-order valence-corrected chi connectivity index (χ0v) is 14.6. The number of carbonyl (C=O) groups is 2. The van der Waals surface area contributed by atoms with E-state index in [0.29, 0.717) is 44.7 Å². The monoisotopic (exact) mass is 373 g/mol. The fraction of sp³-hybridized carbons (Fsp3) is 0.0476. The van der Waals surface area contributed by atoms with Crippen molar-refractivity contribution in [3.8, 4) is 11.5 Å². The normalized spacial score (nSPS) is 15.9. The molecule has 2 amide bonds. The minimum atomic E-state index is -0.498. The summed E-state index contributed by atoms with van der Waals surface area (Å²) >= 11 is 0. The molecule has 2 aliphatic rings. The lowest BCUT2D eigenvalue weighted by atomic mass is 9.94. The molecule has 2 aromatic carbocycles. The SMILES string of the molecule is C=C1Nc2c(O)cccc2CC2=C(C(=O)NC2=O)c2c1[nH]c1c(O)cccc21. The van der Waals surface area contributed by atoms with E-state index in [1.807, 2.05) is 0 Å². The van der Waals surface area contributed by atoms with E-state index in [9.17, 15) is 19.8 Å². The van der Waals surface area contributed by atoms with Crippen LogP contribution in [0, 0.1) is 0 Å². The molecule has 0 unspecified atom stereocenters. The first-order valence-electron chi connectivity index (χ1n) is 8.65. The summed E-state index contributed by atoms with van der Waals surface area (Å²) in [7, 11) is 0. The predicted molar refractivity (Wildman–Crippen MR) is 105 cm³/mol. The first kappa shape index (κ1) is 16.2. The van der Waals surface area contributed by atoms with E-state index >= 15 is 0 Å². The molecular weight excluding hydrogens is 358 g/mol. The quantitative estimate of drug-likeness (QED) is 0.307. The smallest absolute Gasteiger partial charge is 0.259 e. The van der Waals surface area contributed by atoms with Gasteiger partial charge in [0, 0.05) is 22.9 Å². The number of aromatic hydroxyl groups is 2. The number of hydrogen-bond acceptors (Lipinski definition) is 5. The molecule has 1 aromatic heterocycles. The van der Waals surface area contributed by atoms with E-state index in [2.05, 4.69) is 22.2 Å². The van der Waals surface area contributed by atoms with E-state index in [4.69, 9.17) is 0 Å². The fourth-order valence-corrected chi connectivity index (χ4v) is 3.89. The van der Waals surface area contributed by atoms with Crippen molar-refractivity contribution in [2.45, 2.75) is 6.42 Å². The predicted octanol–water partition coefficient (Wildman–Crippen LogP) is 2.63. The van der Waals surface area contributed by atoms with Gasteiger partial charge in [-0.25, -0.2) is 0 Å². The molecule has 28 heavy (non-hydrogen) atoms. The summed E-state index contributed by atoms with van der Waals surface area (Å²) in [5, 5.41) is 26.7. The number of amides is 2. The molecule has 5 N–H and O–H groups in total. The number of hydrogen-bond donors (Lipinski definition) is 5. The standard InChI is InChI=1S/C21H15N3O4/c1-9-17-15(11-5-3-7-14(26)19(11)23-17)16-12(20(27)24-21(16)28)8-10-4-2-6-13(25)18(10)22-9/h2-7,22-23,25-26H,1,8H2,(H,24,27,28). The van der Waals surface area contributed by atoms with E-state index < -0.39 is 11.8 Å². The first-order valence-corrected chi connectivity index (χ1v) is 8.65. The van der Waals surface area contributed by atoms with Crippen molar-refractivity contribution in [1.82, 2.24) is 10.3 Å². The van der Waals surface area contributed by atoms with Crippen molar-refractivity contribution in [2.75, 3.05) is 5.32 Å².